The van der Waals surface area contributed by atoms with E-state index in [1.807, 2.05) is 12.1 Å². The lowest BCUT2D eigenvalue weighted by Crippen LogP contribution is -2.52. The molecule has 1 aliphatic heterocycles. The zero-order valence-corrected chi connectivity index (χ0v) is 22.3. The van der Waals surface area contributed by atoms with E-state index in [2.05, 4.69) is 48.5 Å². The lowest BCUT2D eigenvalue weighted by atomic mass is 9.68. The van der Waals surface area contributed by atoms with E-state index in [4.69, 9.17) is 9.47 Å². The molecule has 2 heterocycles. The zero-order chi connectivity index (χ0) is 24.8. The van der Waals surface area contributed by atoms with E-state index in [-0.39, 0.29) is 22.8 Å². The molecule has 2 saturated carbocycles. The highest BCUT2D eigenvalue weighted by molar-refractivity contribution is 6.10. The van der Waals surface area contributed by atoms with Gasteiger partial charge in [-0.05, 0) is 48.5 Å². The predicted molar refractivity (Wildman–Crippen MR) is 140 cm³/mol. The summed E-state index contributed by atoms with van der Waals surface area (Å²) in [6.07, 6.45) is 5.59. The number of aromatic nitrogens is 1. The van der Waals surface area contributed by atoms with Crippen LogP contribution in [0, 0.1) is 16.7 Å². The number of morpholine rings is 1. The Hall–Kier alpha value is -2.05. The number of benzene rings is 1. The third-order valence-corrected chi connectivity index (χ3v) is 9.38. The van der Waals surface area contributed by atoms with E-state index in [1.165, 1.54) is 19.3 Å². The zero-order valence-electron chi connectivity index (χ0n) is 22.3. The Bertz CT molecular complexity index is 1080. The molecule has 3 atom stereocenters. The van der Waals surface area contributed by atoms with Crippen LogP contribution >= 0.6 is 0 Å². The second kappa shape index (κ2) is 9.44. The lowest BCUT2D eigenvalue weighted by molar-refractivity contribution is 0.0364. The van der Waals surface area contributed by atoms with Crippen LogP contribution in [0.2, 0.25) is 0 Å². The number of fused-ring (bicyclic) bond motifs is 3. The number of para-hydroxylation sites is 1. The SMILES string of the molecule is CCCc1c(C(=O)N[C@@H]2C(C)(C)[C@@H]3CC[C@@]2(C)C3)c2cccc(OC)c2n1CCN1CCOCC1. The van der Waals surface area contributed by atoms with Gasteiger partial charge in [0, 0.05) is 43.3 Å². The molecule has 0 unspecified atom stereocenters. The summed E-state index contributed by atoms with van der Waals surface area (Å²) in [6, 6.07) is 6.34. The number of hydrogen-bond acceptors (Lipinski definition) is 4. The van der Waals surface area contributed by atoms with Gasteiger partial charge in [-0.3, -0.25) is 9.69 Å². The van der Waals surface area contributed by atoms with Crippen molar-refractivity contribution >= 4 is 16.8 Å². The molecule has 0 spiro atoms. The first-order valence-electron chi connectivity index (χ1n) is 13.6. The largest absolute Gasteiger partial charge is 0.495 e. The van der Waals surface area contributed by atoms with Crippen LogP contribution in [0.1, 0.15) is 69.4 Å². The van der Waals surface area contributed by atoms with Gasteiger partial charge in [-0.1, -0.05) is 46.2 Å². The molecule has 6 nitrogen and oxygen atoms in total. The van der Waals surface area contributed by atoms with Crippen molar-refractivity contribution in [1.82, 2.24) is 14.8 Å². The van der Waals surface area contributed by atoms with Crippen molar-refractivity contribution in [3.63, 3.8) is 0 Å². The van der Waals surface area contributed by atoms with Crippen molar-refractivity contribution in [3.05, 3.63) is 29.5 Å². The molecule has 1 aromatic carbocycles. The van der Waals surface area contributed by atoms with Crippen LogP contribution in [0.15, 0.2) is 18.2 Å². The van der Waals surface area contributed by atoms with E-state index >= 15 is 0 Å². The normalized spacial score (nSPS) is 28.0. The maximum Gasteiger partial charge on any atom is 0.254 e. The molecular formula is C29H43N3O3. The van der Waals surface area contributed by atoms with E-state index in [0.29, 0.717) is 5.92 Å². The Kier molecular flexibility index (Phi) is 6.64. The predicted octanol–water partition coefficient (Wildman–Crippen LogP) is 4.88. The number of nitrogens with zero attached hydrogens (tertiary/aromatic N) is 2. The fraction of sp³-hybridized carbons (Fsp3) is 0.690. The molecule has 3 fully saturated rings. The summed E-state index contributed by atoms with van der Waals surface area (Å²) >= 11 is 0. The van der Waals surface area contributed by atoms with Crippen LogP contribution < -0.4 is 10.1 Å². The molecule has 192 valence electrons. The number of nitrogens with one attached hydrogen (secondary N) is 1. The van der Waals surface area contributed by atoms with Gasteiger partial charge in [-0.15, -0.1) is 0 Å². The second-order valence-electron chi connectivity index (χ2n) is 11.9. The third kappa shape index (κ3) is 4.17. The van der Waals surface area contributed by atoms with Gasteiger partial charge in [0.05, 0.1) is 31.4 Å². The number of carbonyl (C=O) groups excluding carboxylic acids is 1. The van der Waals surface area contributed by atoms with Crippen molar-refractivity contribution in [1.29, 1.82) is 0 Å². The summed E-state index contributed by atoms with van der Waals surface area (Å²) in [5, 5.41) is 4.60. The summed E-state index contributed by atoms with van der Waals surface area (Å²) in [5.74, 6) is 1.62. The molecule has 1 N–H and O–H groups in total. The summed E-state index contributed by atoms with van der Waals surface area (Å²) in [7, 11) is 1.73. The van der Waals surface area contributed by atoms with Gasteiger partial charge in [0.15, 0.2) is 0 Å². The van der Waals surface area contributed by atoms with Crippen LogP contribution in [0.25, 0.3) is 10.9 Å². The Morgan fingerprint density at radius 3 is 2.63 bits per heavy atom. The van der Waals surface area contributed by atoms with Crippen LogP contribution in [-0.2, 0) is 17.7 Å². The fourth-order valence-corrected chi connectivity index (χ4v) is 7.52. The number of methoxy groups -OCH3 is 1. The Morgan fingerprint density at radius 2 is 1.97 bits per heavy atom. The van der Waals surface area contributed by atoms with Gasteiger partial charge in [-0.2, -0.15) is 0 Å². The first-order chi connectivity index (χ1) is 16.8. The fourth-order valence-electron chi connectivity index (χ4n) is 7.52. The molecule has 1 amide bonds. The van der Waals surface area contributed by atoms with Crippen molar-refractivity contribution in [2.45, 2.75) is 72.4 Å². The number of amides is 1. The maximum absolute atomic E-state index is 14.1. The molecule has 2 bridgehead atoms. The van der Waals surface area contributed by atoms with Gasteiger partial charge in [0.1, 0.15) is 5.75 Å². The van der Waals surface area contributed by atoms with Crippen molar-refractivity contribution in [2.24, 2.45) is 16.7 Å². The summed E-state index contributed by atoms with van der Waals surface area (Å²) in [6.45, 7) is 14.6. The summed E-state index contributed by atoms with van der Waals surface area (Å²) in [4.78, 5) is 16.6. The van der Waals surface area contributed by atoms with Gasteiger partial charge >= 0.3 is 0 Å². The quantitative estimate of drug-likeness (QED) is 0.584. The van der Waals surface area contributed by atoms with Crippen LogP contribution in [-0.4, -0.2) is 61.4 Å². The van der Waals surface area contributed by atoms with Crippen LogP contribution in [0.3, 0.4) is 0 Å². The average Bonchev–Trinajstić information content (AvgIpc) is 3.45. The van der Waals surface area contributed by atoms with E-state index < -0.39 is 0 Å². The minimum Gasteiger partial charge on any atom is -0.495 e. The Labute approximate surface area is 210 Å². The third-order valence-electron chi connectivity index (χ3n) is 9.38. The Balaban J connectivity index is 1.54. The van der Waals surface area contributed by atoms with Crippen molar-refractivity contribution < 1.29 is 14.3 Å². The van der Waals surface area contributed by atoms with E-state index in [1.54, 1.807) is 7.11 Å². The monoisotopic (exact) mass is 481 g/mol. The minimum absolute atomic E-state index is 0.0867. The van der Waals surface area contributed by atoms with E-state index in [0.717, 1.165) is 80.1 Å². The molecule has 3 aliphatic rings. The van der Waals surface area contributed by atoms with Crippen LogP contribution in [0.5, 0.6) is 5.75 Å². The second-order valence-corrected chi connectivity index (χ2v) is 11.9. The topological polar surface area (TPSA) is 55.7 Å². The molecule has 35 heavy (non-hydrogen) atoms. The van der Waals surface area contributed by atoms with Crippen LogP contribution in [0.4, 0.5) is 0 Å². The highest BCUT2D eigenvalue weighted by Gasteiger charge is 2.59. The number of hydrogen-bond donors (Lipinski definition) is 1. The average molecular weight is 482 g/mol. The van der Waals surface area contributed by atoms with Gasteiger partial charge in [0.2, 0.25) is 0 Å². The molecular weight excluding hydrogens is 438 g/mol. The maximum atomic E-state index is 14.1. The number of rotatable bonds is 8. The van der Waals surface area contributed by atoms with Crippen molar-refractivity contribution in [3.8, 4) is 5.75 Å². The smallest absolute Gasteiger partial charge is 0.254 e. The molecule has 5 rings (SSSR count). The van der Waals surface area contributed by atoms with E-state index in [9.17, 15) is 4.79 Å². The first-order valence-corrected chi connectivity index (χ1v) is 13.6. The highest BCUT2D eigenvalue weighted by atomic mass is 16.5. The van der Waals surface area contributed by atoms with Gasteiger partial charge < -0.3 is 19.4 Å². The molecule has 2 aliphatic carbocycles. The van der Waals surface area contributed by atoms with Crippen molar-refractivity contribution in [2.75, 3.05) is 40.0 Å². The summed E-state index contributed by atoms with van der Waals surface area (Å²) in [5.41, 5.74) is 3.37. The molecule has 6 heteroatoms. The highest BCUT2D eigenvalue weighted by Crippen LogP contribution is 2.62. The molecule has 1 saturated heterocycles. The molecule has 2 aromatic rings. The van der Waals surface area contributed by atoms with Gasteiger partial charge in [-0.25, -0.2) is 0 Å². The Morgan fingerprint density at radius 1 is 1.20 bits per heavy atom. The molecule has 0 radical (unpaired) electrons. The standard InChI is InChI=1S/C29H43N3O3/c1-6-8-22-24(26(33)30-27-28(2,3)20-11-12-29(27,4)19-20)21-9-7-10-23(34-5)25(21)32(22)14-13-31-15-17-35-18-16-31/h7,9-10,20,27H,6,8,11-19H2,1-5H3,(H,30,33)/t20-,27-,29+/m1/s1. The minimum atomic E-state index is 0.0867. The summed E-state index contributed by atoms with van der Waals surface area (Å²) < 4.78 is 13.7. The lowest BCUT2D eigenvalue weighted by Gasteiger charge is -2.43. The number of ether oxygens (including phenoxy) is 2. The first kappa shape index (κ1) is 24.6. The number of carbonyl (C=O) groups is 1. The molecule has 1 aromatic heterocycles. The van der Waals surface area contributed by atoms with Gasteiger partial charge in [0.25, 0.3) is 5.91 Å².